The SMILES string of the molecule is COc1ccc(Cl)cc1NC(=O)COC(=O)c1cccc(N2C(=O)[C@@H]3CC[C@@H](c4ccccc4)C[C@H]3C2=O)c1. The number of carbonyl (C=O) groups excluding carboxylic acids is 4. The number of esters is 1. The fourth-order valence-electron chi connectivity index (χ4n) is 5.41. The lowest BCUT2D eigenvalue weighted by Crippen LogP contribution is -2.31. The third kappa shape index (κ3) is 5.52. The molecule has 9 heteroatoms. The predicted molar refractivity (Wildman–Crippen MR) is 146 cm³/mol. The number of nitrogens with one attached hydrogen (secondary N) is 1. The first-order valence-electron chi connectivity index (χ1n) is 12.7. The molecule has 1 aliphatic carbocycles. The van der Waals surface area contributed by atoms with Gasteiger partial charge in [0, 0.05) is 5.02 Å². The van der Waals surface area contributed by atoms with Gasteiger partial charge in [-0.25, -0.2) is 4.79 Å². The molecule has 3 aromatic carbocycles. The minimum absolute atomic E-state index is 0.123. The molecule has 5 rings (SSSR count). The number of fused-ring (bicyclic) bond motifs is 1. The predicted octanol–water partition coefficient (Wildman–Crippen LogP) is 5.22. The molecule has 0 aromatic heterocycles. The molecule has 3 atom stereocenters. The Morgan fingerprint density at radius 1 is 0.949 bits per heavy atom. The van der Waals surface area contributed by atoms with Crippen LogP contribution in [0.15, 0.2) is 72.8 Å². The lowest BCUT2D eigenvalue weighted by molar-refractivity contribution is -0.122. The van der Waals surface area contributed by atoms with E-state index in [0.717, 1.165) is 6.42 Å². The smallest absolute Gasteiger partial charge is 0.338 e. The fourth-order valence-corrected chi connectivity index (χ4v) is 5.58. The molecule has 1 N–H and O–H groups in total. The van der Waals surface area contributed by atoms with Crippen LogP contribution in [0.4, 0.5) is 11.4 Å². The van der Waals surface area contributed by atoms with Crippen LogP contribution in [0.2, 0.25) is 5.02 Å². The molecule has 39 heavy (non-hydrogen) atoms. The minimum Gasteiger partial charge on any atom is -0.495 e. The Bertz CT molecular complexity index is 1430. The summed E-state index contributed by atoms with van der Waals surface area (Å²) in [6.45, 7) is -0.550. The van der Waals surface area contributed by atoms with Crippen molar-refractivity contribution in [3.63, 3.8) is 0 Å². The summed E-state index contributed by atoms with van der Waals surface area (Å²) < 4.78 is 10.4. The van der Waals surface area contributed by atoms with Crippen LogP contribution >= 0.6 is 11.6 Å². The molecular formula is C30H27ClN2O6. The summed E-state index contributed by atoms with van der Waals surface area (Å²) in [6, 6.07) is 21.0. The van der Waals surface area contributed by atoms with E-state index in [0.29, 0.717) is 35.0 Å². The first-order chi connectivity index (χ1) is 18.9. The summed E-state index contributed by atoms with van der Waals surface area (Å²) in [5, 5.41) is 3.00. The fraction of sp³-hybridized carbons (Fsp3) is 0.267. The van der Waals surface area contributed by atoms with E-state index < -0.39 is 18.5 Å². The number of halogens is 1. The number of amides is 3. The number of hydrogen-bond acceptors (Lipinski definition) is 6. The van der Waals surface area contributed by atoms with Crippen molar-refractivity contribution >= 4 is 46.7 Å². The quantitative estimate of drug-likeness (QED) is 0.322. The van der Waals surface area contributed by atoms with Crippen LogP contribution in [0.5, 0.6) is 5.75 Å². The molecule has 2 aliphatic rings. The van der Waals surface area contributed by atoms with Crippen LogP contribution in [0.3, 0.4) is 0 Å². The second-order valence-electron chi connectivity index (χ2n) is 9.66. The maximum atomic E-state index is 13.4. The molecule has 2 fully saturated rings. The molecule has 200 valence electrons. The van der Waals surface area contributed by atoms with Gasteiger partial charge < -0.3 is 14.8 Å². The van der Waals surface area contributed by atoms with Gasteiger partial charge in [-0.2, -0.15) is 0 Å². The van der Waals surface area contributed by atoms with Crippen LogP contribution in [0.25, 0.3) is 0 Å². The van der Waals surface area contributed by atoms with Crippen molar-refractivity contribution < 1.29 is 28.7 Å². The summed E-state index contributed by atoms with van der Waals surface area (Å²) in [7, 11) is 1.46. The number of anilines is 2. The average molecular weight is 547 g/mol. The van der Waals surface area contributed by atoms with Crippen molar-refractivity contribution in [1.82, 2.24) is 0 Å². The monoisotopic (exact) mass is 546 g/mol. The minimum atomic E-state index is -0.759. The molecule has 3 aromatic rings. The second kappa shape index (κ2) is 11.3. The van der Waals surface area contributed by atoms with E-state index in [1.807, 2.05) is 18.2 Å². The summed E-state index contributed by atoms with van der Waals surface area (Å²) in [5.74, 6) is -1.94. The largest absolute Gasteiger partial charge is 0.495 e. The first-order valence-corrected chi connectivity index (χ1v) is 13.1. The summed E-state index contributed by atoms with van der Waals surface area (Å²) >= 11 is 5.98. The number of hydrogen-bond donors (Lipinski definition) is 1. The number of ether oxygens (including phenoxy) is 2. The zero-order valence-corrected chi connectivity index (χ0v) is 22.0. The highest BCUT2D eigenvalue weighted by molar-refractivity contribution is 6.31. The molecule has 1 saturated heterocycles. The molecule has 1 aliphatic heterocycles. The molecule has 1 saturated carbocycles. The Hall–Kier alpha value is -4.17. The highest BCUT2D eigenvalue weighted by atomic mass is 35.5. The van der Waals surface area contributed by atoms with Gasteiger partial charge in [-0.05, 0) is 67.1 Å². The number of imide groups is 1. The van der Waals surface area contributed by atoms with Gasteiger partial charge in [0.15, 0.2) is 6.61 Å². The summed E-state index contributed by atoms with van der Waals surface area (Å²) in [4.78, 5) is 52.9. The Labute approximate surface area is 230 Å². The lowest BCUT2D eigenvalue weighted by Gasteiger charge is -2.28. The van der Waals surface area contributed by atoms with Crippen LogP contribution in [-0.4, -0.2) is 37.4 Å². The zero-order chi connectivity index (χ0) is 27.5. The van der Waals surface area contributed by atoms with Crippen LogP contribution in [0, 0.1) is 11.8 Å². The van der Waals surface area contributed by atoms with Gasteiger partial charge in [-0.3, -0.25) is 19.3 Å². The maximum Gasteiger partial charge on any atom is 0.338 e. The van der Waals surface area contributed by atoms with Crippen molar-refractivity contribution in [2.75, 3.05) is 23.9 Å². The van der Waals surface area contributed by atoms with Crippen LogP contribution in [-0.2, 0) is 19.1 Å². The van der Waals surface area contributed by atoms with E-state index in [9.17, 15) is 19.2 Å². The number of nitrogens with zero attached hydrogens (tertiary/aromatic N) is 1. The van der Waals surface area contributed by atoms with Gasteiger partial charge in [-0.15, -0.1) is 0 Å². The Morgan fingerprint density at radius 2 is 1.72 bits per heavy atom. The highest BCUT2D eigenvalue weighted by Gasteiger charge is 2.50. The topological polar surface area (TPSA) is 102 Å². The number of methoxy groups -OCH3 is 1. The van der Waals surface area contributed by atoms with E-state index in [1.165, 1.54) is 35.8 Å². The third-order valence-corrected chi connectivity index (χ3v) is 7.54. The maximum absolute atomic E-state index is 13.4. The van der Waals surface area contributed by atoms with Gasteiger partial charge in [0.25, 0.3) is 5.91 Å². The lowest BCUT2D eigenvalue weighted by atomic mass is 9.73. The third-order valence-electron chi connectivity index (χ3n) is 7.31. The van der Waals surface area contributed by atoms with Gasteiger partial charge in [0.05, 0.1) is 35.9 Å². The summed E-state index contributed by atoms with van der Waals surface area (Å²) in [6.07, 6.45) is 2.09. The van der Waals surface area contributed by atoms with Crippen molar-refractivity contribution in [2.24, 2.45) is 11.8 Å². The van der Waals surface area contributed by atoms with Crippen molar-refractivity contribution in [2.45, 2.75) is 25.2 Å². The highest BCUT2D eigenvalue weighted by Crippen LogP contribution is 2.45. The van der Waals surface area contributed by atoms with E-state index in [2.05, 4.69) is 17.4 Å². The molecule has 0 bridgehead atoms. The normalized spacial score (nSPS) is 20.4. The standard InChI is InChI=1S/C30H27ClN2O6/c1-38-26-13-11-21(31)16-25(26)32-27(34)17-39-30(37)20-8-5-9-22(14-20)33-28(35)23-12-10-19(15-24(23)29(33)36)18-6-3-2-4-7-18/h2-9,11,13-14,16,19,23-24H,10,12,15,17H2,1H3,(H,32,34)/t19-,23-,24-/m1/s1. The Balaban J connectivity index is 1.24. The van der Waals surface area contributed by atoms with Gasteiger partial charge in [0.1, 0.15) is 5.75 Å². The van der Waals surface area contributed by atoms with Crippen LogP contribution < -0.4 is 15.0 Å². The van der Waals surface area contributed by atoms with Gasteiger partial charge in [-0.1, -0.05) is 48.0 Å². The van der Waals surface area contributed by atoms with E-state index in [-0.39, 0.29) is 35.1 Å². The second-order valence-corrected chi connectivity index (χ2v) is 10.1. The van der Waals surface area contributed by atoms with Crippen molar-refractivity contribution in [3.8, 4) is 5.75 Å². The van der Waals surface area contributed by atoms with Crippen molar-refractivity contribution in [1.29, 1.82) is 0 Å². The summed E-state index contributed by atoms with van der Waals surface area (Å²) in [5.41, 5.74) is 1.96. The number of rotatable bonds is 7. The van der Waals surface area contributed by atoms with Gasteiger partial charge in [0.2, 0.25) is 11.8 Å². The van der Waals surface area contributed by atoms with E-state index in [1.54, 1.807) is 24.3 Å². The zero-order valence-electron chi connectivity index (χ0n) is 21.3. The molecular weight excluding hydrogens is 520 g/mol. The molecule has 1 heterocycles. The van der Waals surface area contributed by atoms with Gasteiger partial charge >= 0.3 is 5.97 Å². The van der Waals surface area contributed by atoms with E-state index in [4.69, 9.17) is 21.1 Å². The molecule has 0 unspecified atom stereocenters. The van der Waals surface area contributed by atoms with E-state index >= 15 is 0 Å². The number of benzene rings is 3. The molecule has 3 amide bonds. The Kier molecular flexibility index (Phi) is 7.65. The average Bonchev–Trinajstić information content (AvgIpc) is 3.21. The van der Waals surface area contributed by atoms with Crippen molar-refractivity contribution in [3.05, 3.63) is 88.9 Å². The molecule has 8 nitrogen and oxygen atoms in total. The molecule has 0 spiro atoms. The van der Waals surface area contributed by atoms with Crippen LogP contribution in [0.1, 0.15) is 41.1 Å². The molecule has 0 radical (unpaired) electrons. The Morgan fingerprint density at radius 3 is 2.49 bits per heavy atom. The number of carbonyl (C=O) groups is 4. The first kappa shape index (κ1) is 26.4.